The SMILES string of the molecule is C[C@@H](C(=O)Nc1ccc2ccccc2c1)[NH+]1CC[NH+](Cc2cccs2)CC1. The van der Waals surface area contributed by atoms with Crippen molar-refractivity contribution in [3.63, 3.8) is 0 Å². The summed E-state index contributed by atoms with van der Waals surface area (Å²) in [4.78, 5) is 17.2. The highest BCUT2D eigenvalue weighted by Gasteiger charge is 2.31. The molecule has 1 aliphatic rings. The second-order valence-electron chi connectivity index (χ2n) is 7.44. The fraction of sp³-hybridized carbons (Fsp3) is 0.318. The highest BCUT2D eigenvalue weighted by Crippen LogP contribution is 2.18. The molecular weight excluding hydrogens is 354 g/mol. The van der Waals surface area contributed by atoms with E-state index in [0.29, 0.717) is 0 Å². The first-order valence-corrected chi connectivity index (χ1v) is 10.6. The molecule has 27 heavy (non-hydrogen) atoms. The van der Waals surface area contributed by atoms with Gasteiger partial charge in [0.1, 0.15) is 32.7 Å². The number of piperazine rings is 1. The zero-order chi connectivity index (χ0) is 18.6. The molecule has 1 aliphatic heterocycles. The second-order valence-corrected chi connectivity index (χ2v) is 8.47. The van der Waals surface area contributed by atoms with Crippen LogP contribution in [0.2, 0.25) is 0 Å². The van der Waals surface area contributed by atoms with Crippen LogP contribution in [0.4, 0.5) is 5.69 Å². The van der Waals surface area contributed by atoms with Crippen LogP contribution < -0.4 is 15.1 Å². The topological polar surface area (TPSA) is 38.0 Å². The van der Waals surface area contributed by atoms with Gasteiger partial charge < -0.3 is 15.1 Å². The lowest BCUT2D eigenvalue weighted by Crippen LogP contribution is -3.29. The van der Waals surface area contributed by atoms with Crippen molar-refractivity contribution in [3.05, 3.63) is 64.9 Å². The highest BCUT2D eigenvalue weighted by atomic mass is 32.1. The predicted octanol–water partition coefficient (Wildman–Crippen LogP) is 1.21. The average Bonchev–Trinajstić information content (AvgIpc) is 3.21. The van der Waals surface area contributed by atoms with E-state index in [9.17, 15) is 4.79 Å². The molecule has 140 valence electrons. The Hall–Kier alpha value is -2.21. The molecule has 0 radical (unpaired) electrons. The third-order valence-electron chi connectivity index (χ3n) is 5.63. The van der Waals surface area contributed by atoms with Crippen LogP contribution in [0, 0.1) is 0 Å². The van der Waals surface area contributed by atoms with Gasteiger partial charge in [-0.2, -0.15) is 0 Å². The maximum Gasteiger partial charge on any atom is 0.282 e. The summed E-state index contributed by atoms with van der Waals surface area (Å²) in [6.07, 6.45) is 0. The molecule has 2 aromatic carbocycles. The van der Waals surface area contributed by atoms with Gasteiger partial charge in [0.2, 0.25) is 0 Å². The van der Waals surface area contributed by atoms with Crippen molar-refractivity contribution in [1.29, 1.82) is 0 Å². The van der Waals surface area contributed by atoms with Crippen LogP contribution >= 0.6 is 11.3 Å². The minimum Gasteiger partial charge on any atom is -0.321 e. The van der Waals surface area contributed by atoms with Gasteiger partial charge >= 0.3 is 0 Å². The molecule has 5 heteroatoms. The number of thiophene rings is 1. The smallest absolute Gasteiger partial charge is 0.282 e. The quantitative estimate of drug-likeness (QED) is 0.611. The Balaban J connectivity index is 1.32. The maximum absolute atomic E-state index is 12.7. The number of hydrogen-bond donors (Lipinski definition) is 3. The van der Waals surface area contributed by atoms with Crippen LogP contribution in [-0.2, 0) is 11.3 Å². The number of hydrogen-bond acceptors (Lipinski definition) is 2. The summed E-state index contributed by atoms with van der Waals surface area (Å²) in [5.41, 5.74) is 0.881. The molecule has 0 unspecified atom stereocenters. The van der Waals surface area contributed by atoms with E-state index < -0.39 is 0 Å². The number of amides is 1. The number of fused-ring (bicyclic) bond motifs is 1. The van der Waals surface area contributed by atoms with Crippen molar-refractivity contribution in [1.82, 2.24) is 0 Å². The van der Waals surface area contributed by atoms with E-state index in [-0.39, 0.29) is 11.9 Å². The van der Waals surface area contributed by atoms with E-state index in [1.165, 1.54) is 15.2 Å². The Morgan fingerprint density at radius 1 is 1.04 bits per heavy atom. The number of benzene rings is 2. The minimum absolute atomic E-state index is 0.0280. The molecule has 3 aromatic rings. The van der Waals surface area contributed by atoms with Crippen molar-refractivity contribution in [2.75, 3.05) is 31.5 Å². The zero-order valence-corrected chi connectivity index (χ0v) is 16.5. The van der Waals surface area contributed by atoms with E-state index >= 15 is 0 Å². The fourth-order valence-corrected chi connectivity index (χ4v) is 4.67. The van der Waals surface area contributed by atoms with Crippen molar-refractivity contribution in [3.8, 4) is 0 Å². The van der Waals surface area contributed by atoms with Crippen molar-refractivity contribution >= 4 is 33.7 Å². The highest BCUT2D eigenvalue weighted by molar-refractivity contribution is 7.09. The van der Waals surface area contributed by atoms with Gasteiger partial charge in [-0.3, -0.25) is 4.79 Å². The van der Waals surface area contributed by atoms with Crippen LogP contribution in [-0.4, -0.2) is 38.1 Å². The van der Waals surface area contributed by atoms with E-state index in [1.807, 2.05) is 29.5 Å². The van der Waals surface area contributed by atoms with Gasteiger partial charge in [0, 0.05) is 5.69 Å². The third kappa shape index (κ3) is 4.38. The van der Waals surface area contributed by atoms with Gasteiger partial charge in [0.25, 0.3) is 5.91 Å². The van der Waals surface area contributed by atoms with Gasteiger partial charge in [0.05, 0.1) is 4.88 Å². The fourth-order valence-electron chi connectivity index (χ4n) is 3.90. The van der Waals surface area contributed by atoms with E-state index in [1.54, 1.807) is 4.90 Å². The summed E-state index contributed by atoms with van der Waals surface area (Å²) in [7, 11) is 0. The molecule has 2 heterocycles. The second kappa shape index (κ2) is 8.21. The Bertz CT molecular complexity index is 901. The van der Waals surface area contributed by atoms with Gasteiger partial charge in [-0.15, -0.1) is 11.3 Å². The van der Waals surface area contributed by atoms with Crippen molar-refractivity contribution in [2.45, 2.75) is 19.5 Å². The molecule has 0 spiro atoms. The number of rotatable bonds is 5. The van der Waals surface area contributed by atoms with Crippen LogP contribution in [0.1, 0.15) is 11.8 Å². The lowest BCUT2D eigenvalue weighted by atomic mass is 10.1. The minimum atomic E-state index is -0.0280. The average molecular weight is 382 g/mol. The van der Waals surface area contributed by atoms with Crippen molar-refractivity contribution in [2.24, 2.45) is 0 Å². The summed E-state index contributed by atoms with van der Waals surface area (Å²) in [5, 5.41) is 7.61. The Kier molecular flexibility index (Phi) is 5.53. The van der Waals surface area contributed by atoms with Crippen LogP contribution in [0.15, 0.2) is 60.0 Å². The molecule has 1 atom stereocenters. The standard InChI is InChI=1S/C22H25N3OS/c1-17(25-12-10-24(11-13-25)16-21-7-4-14-27-21)22(26)23-20-9-8-18-5-2-3-6-19(18)15-20/h2-9,14-15,17H,10-13,16H2,1H3,(H,23,26)/p+2/t17-/m0/s1. The molecule has 0 saturated carbocycles. The van der Waals surface area contributed by atoms with Crippen LogP contribution in [0.5, 0.6) is 0 Å². The number of carbonyl (C=O) groups is 1. The van der Waals surface area contributed by atoms with Gasteiger partial charge in [-0.1, -0.05) is 36.4 Å². The first-order chi connectivity index (χ1) is 13.2. The van der Waals surface area contributed by atoms with E-state index in [0.717, 1.165) is 43.8 Å². The van der Waals surface area contributed by atoms with Gasteiger partial charge in [0.15, 0.2) is 6.04 Å². The summed E-state index contributed by atoms with van der Waals surface area (Å²) in [6, 6.07) is 18.7. The molecular formula is C22H27N3OS+2. The van der Waals surface area contributed by atoms with Crippen molar-refractivity contribution < 1.29 is 14.6 Å². The Labute approximate surface area is 164 Å². The Morgan fingerprint density at radius 2 is 1.81 bits per heavy atom. The molecule has 1 aromatic heterocycles. The lowest BCUT2D eigenvalue weighted by molar-refractivity contribution is -1.02. The largest absolute Gasteiger partial charge is 0.321 e. The van der Waals surface area contributed by atoms with Gasteiger partial charge in [-0.25, -0.2) is 0 Å². The van der Waals surface area contributed by atoms with Crippen LogP contribution in [0.25, 0.3) is 10.8 Å². The third-order valence-corrected chi connectivity index (χ3v) is 6.50. The molecule has 1 fully saturated rings. The number of carbonyl (C=O) groups excluding carboxylic acids is 1. The summed E-state index contributed by atoms with van der Waals surface area (Å²) < 4.78 is 0. The normalized spacial score (nSPS) is 21.1. The monoisotopic (exact) mass is 381 g/mol. The molecule has 0 bridgehead atoms. The molecule has 0 aliphatic carbocycles. The number of anilines is 1. The first kappa shape index (κ1) is 18.2. The van der Waals surface area contributed by atoms with Gasteiger partial charge in [-0.05, 0) is 41.3 Å². The molecule has 1 amide bonds. The summed E-state index contributed by atoms with van der Waals surface area (Å²) in [6.45, 7) is 7.51. The number of quaternary nitrogens is 2. The molecule has 4 nitrogen and oxygen atoms in total. The lowest BCUT2D eigenvalue weighted by Gasteiger charge is -2.32. The van der Waals surface area contributed by atoms with E-state index in [4.69, 9.17) is 0 Å². The van der Waals surface area contributed by atoms with Crippen LogP contribution in [0.3, 0.4) is 0 Å². The zero-order valence-electron chi connectivity index (χ0n) is 15.7. The first-order valence-electron chi connectivity index (χ1n) is 9.69. The van der Waals surface area contributed by atoms with E-state index in [2.05, 4.69) is 54.0 Å². The number of nitrogens with one attached hydrogen (secondary N) is 3. The molecule has 3 N–H and O–H groups in total. The maximum atomic E-state index is 12.7. The Morgan fingerprint density at radius 3 is 2.56 bits per heavy atom. The molecule has 1 saturated heterocycles. The summed E-state index contributed by atoms with van der Waals surface area (Å²) in [5.74, 6) is 0.113. The molecule has 4 rings (SSSR count). The summed E-state index contributed by atoms with van der Waals surface area (Å²) >= 11 is 1.84. The predicted molar refractivity (Wildman–Crippen MR) is 111 cm³/mol.